The normalized spacial score (nSPS) is 17.0. The lowest BCUT2D eigenvalue weighted by molar-refractivity contribution is -0.111. The Kier molecular flexibility index (Phi) is 9.82. The van der Waals surface area contributed by atoms with Gasteiger partial charge in [-0.05, 0) is 67.8 Å². The molecule has 3 N–H and O–H groups in total. The number of fused-ring (bicyclic) bond motifs is 2. The third-order valence-corrected chi connectivity index (χ3v) is 8.68. The average Bonchev–Trinajstić information content (AvgIpc) is 3.77. The molecule has 2 saturated heterocycles. The molecule has 0 radical (unpaired) electrons. The van der Waals surface area contributed by atoms with Gasteiger partial charge in [0.05, 0.1) is 49.3 Å². The van der Waals surface area contributed by atoms with Gasteiger partial charge in [0.15, 0.2) is 0 Å². The number of rotatable bonds is 12. The molecular formula is C36H39FN8O3. The third-order valence-electron chi connectivity index (χ3n) is 8.68. The zero-order valence-corrected chi connectivity index (χ0v) is 26.7. The van der Waals surface area contributed by atoms with E-state index in [-0.39, 0.29) is 17.8 Å². The second-order valence-electron chi connectivity index (χ2n) is 12.1. The molecule has 0 spiro atoms. The summed E-state index contributed by atoms with van der Waals surface area (Å²) in [6.45, 7) is 6.21. The van der Waals surface area contributed by atoms with Crippen molar-refractivity contribution in [1.29, 1.82) is 0 Å². The highest BCUT2D eigenvalue weighted by atomic mass is 19.1. The fourth-order valence-electron chi connectivity index (χ4n) is 6.19. The molecule has 3 aromatic carbocycles. The summed E-state index contributed by atoms with van der Waals surface area (Å²) in [5.74, 6) is 0.650. The molecule has 0 aliphatic carbocycles. The minimum absolute atomic E-state index is 0.207. The van der Waals surface area contributed by atoms with Crippen molar-refractivity contribution in [2.45, 2.75) is 31.8 Å². The van der Waals surface area contributed by atoms with Gasteiger partial charge in [0, 0.05) is 54.3 Å². The molecule has 0 bridgehead atoms. The number of nitrogens with zero attached hydrogens (tertiary/aromatic N) is 5. The van der Waals surface area contributed by atoms with Gasteiger partial charge in [-0.1, -0.05) is 18.2 Å². The molecule has 2 fully saturated rings. The van der Waals surface area contributed by atoms with Gasteiger partial charge in [-0.15, -0.1) is 0 Å². The van der Waals surface area contributed by atoms with Crippen molar-refractivity contribution >= 4 is 44.9 Å². The summed E-state index contributed by atoms with van der Waals surface area (Å²) in [7, 11) is 0. The van der Waals surface area contributed by atoms with Crippen molar-refractivity contribution in [2.75, 3.05) is 56.6 Å². The first kappa shape index (κ1) is 31.7. The summed E-state index contributed by atoms with van der Waals surface area (Å²) in [6.07, 6.45) is 9.77. The molecule has 2 aliphatic heterocycles. The largest absolute Gasteiger partial charge is 0.491 e. The topological polar surface area (TPSA) is 118 Å². The van der Waals surface area contributed by atoms with Crippen LogP contribution in [0, 0.1) is 5.82 Å². The molecule has 2 aliphatic rings. The van der Waals surface area contributed by atoms with Crippen LogP contribution in [0.1, 0.15) is 24.8 Å². The van der Waals surface area contributed by atoms with E-state index in [9.17, 15) is 9.18 Å². The maximum Gasteiger partial charge on any atom is 0.248 e. The van der Waals surface area contributed by atoms with E-state index in [1.807, 2.05) is 47.2 Å². The van der Waals surface area contributed by atoms with Crippen LogP contribution in [-0.2, 0) is 16.1 Å². The van der Waals surface area contributed by atoms with Gasteiger partial charge in [-0.3, -0.25) is 14.4 Å². The lowest BCUT2D eigenvalue weighted by Crippen LogP contribution is -2.37. The maximum absolute atomic E-state index is 13.7. The number of hydrogen-bond acceptors (Lipinski definition) is 9. The molecule has 7 rings (SSSR count). The van der Waals surface area contributed by atoms with Gasteiger partial charge in [0.25, 0.3) is 0 Å². The number of nitrogens with one attached hydrogen (secondary N) is 3. The molecule has 4 heterocycles. The Balaban J connectivity index is 1.11. The summed E-state index contributed by atoms with van der Waals surface area (Å²) < 4.78 is 27.3. The van der Waals surface area contributed by atoms with Crippen molar-refractivity contribution < 1.29 is 18.7 Å². The molecule has 48 heavy (non-hydrogen) atoms. The Bertz CT molecular complexity index is 1920. The molecule has 0 saturated carbocycles. The number of benzene rings is 3. The number of aromatic nitrogens is 4. The minimum Gasteiger partial charge on any atom is -0.491 e. The molecule has 1 amide bonds. The Hall–Kier alpha value is -4.91. The number of anilines is 3. The molecule has 11 nitrogen and oxygen atoms in total. The molecule has 12 heteroatoms. The van der Waals surface area contributed by atoms with Crippen molar-refractivity contribution in [3.8, 4) is 5.75 Å². The fraction of sp³-hybridized carbons (Fsp3) is 0.333. The number of halogens is 1. The Morgan fingerprint density at radius 1 is 1.12 bits per heavy atom. The Labute approximate surface area is 278 Å². The van der Waals surface area contributed by atoms with Gasteiger partial charge >= 0.3 is 0 Å². The first-order valence-electron chi connectivity index (χ1n) is 16.5. The van der Waals surface area contributed by atoms with Crippen LogP contribution in [0.2, 0.25) is 0 Å². The first-order valence-corrected chi connectivity index (χ1v) is 16.5. The first-order chi connectivity index (χ1) is 23.6. The third kappa shape index (κ3) is 7.79. The quantitative estimate of drug-likeness (QED) is 0.123. The van der Waals surface area contributed by atoms with Crippen molar-refractivity contribution in [2.24, 2.45) is 0 Å². The lowest BCUT2D eigenvalue weighted by Gasteiger charge is -2.26. The number of hydrogen-bond donors (Lipinski definition) is 3. The number of carbonyl (C=O) groups excluding carboxylic acids is 1. The standard InChI is InChI=1S/C36H39FN8O3/c37-27-5-1-4-25(18-27)23-45-33-9-7-29(19-26(33)22-41-45)42-36-30-20-32(43-35(46)10-8-28-6-2-11-38-28)34(21-31(30)39-24-40-36)48-15-3-12-44-13-16-47-17-14-44/h1,4-5,7-10,18-22,24,28,38H,2-3,6,11-17,23H2,(H,43,46)(H,39,40,42)/b10-8+. The van der Waals surface area contributed by atoms with Gasteiger partial charge in [0.2, 0.25) is 5.91 Å². The van der Waals surface area contributed by atoms with E-state index in [2.05, 4.69) is 35.9 Å². The predicted octanol–water partition coefficient (Wildman–Crippen LogP) is 5.26. The van der Waals surface area contributed by atoms with E-state index < -0.39 is 0 Å². The van der Waals surface area contributed by atoms with Crippen molar-refractivity contribution in [1.82, 2.24) is 30.0 Å². The SMILES string of the molecule is O=C(/C=C/C1CCCN1)Nc1cc2c(Nc3ccc4c(cnn4Cc4cccc(F)c4)c3)ncnc2cc1OCCCN1CCOCC1. The van der Waals surface area contributed by atoms with E-state index in [1.165, 1.54) is 18.5 Å². The summed E-state index contributed by atoms with van der Waals surface area (Å²) >= 11 is 0. The summed E-state index contributed by atoms with van der Waals surface area (Å²) in [5.41, 5.74) is 3.81. The second kappa shape index (κ2) is 14.9. The van der Waals surface area contributed by atoms with E-state index in [0.717, 1.165) is 86.2 Å². The number of morpholine rings is 1. The van der Waals surface area contributed by atoms with E-state index in [1.54, 1.807) is 18.3 Å². The van der Waals surface area contributed by atoms with Crippen LogP contribution in [0.4, 0.5) is 21.6 Å². The van der Waals surface area contributed by atoms with E-state index >= 15 is 0 Å². The zero-order valence-electron chi connectivity index (χ0n) is 26.7. The van der Waals surface area contributed by atoms with Crippen LogP contribution in [0.3, 0.4) is 0 Å². The number of ether oxygens (including phenoxy) is 2. The highest BCUT2D eigenvalue weighted by Gasteiger charge is 2.16. The number of carbonyl (C=O) groups is 1. The van der Waals surface area contributed by atoms with Crippen LogP contribution in [0.25, 0.3) is 21.8 Å². The van der Waals surface area contributed by atoms with E-state index in [4.69, 9.17) is 9.47 Å². The molecule has 248 valence electrons. The van der Waals surface area contributed by atoms with Gasteiger partial charge in [-0.25, -0.2) is 14.4 Å². The predicted molar refractivity (Wildman–Crippen MR) is 184 cm³/mol. The van der Waals surface area contributed by atoms with Gasteiger partial charge in [0.1, 0.15) is 23.7 Å². The van der Waals surface area contributed by atoms with E-state index in [0.29, 0.717) is 35.9 Å². The van der Waals surface area contributed by atoms with Crippen molar-refractivity contribution in [3.63, 3.8) is 0 Å². The lowest BCUT2D eigenvalue weighted by atomic mass is 10.1. The molecule has 2 aromatic heterocycles. The van der Waals surface area contributed by atoms with Gasteiger partial charge < -0.3 is 25.4 Å². The second-order valence-corrected chi connectivity index (χ2v) is 12.1. The van der Waals surface area contributed by atoms with Crippen LogP contribution in [0.5, 0.6) is 5.75 Å². The summed E-state index contributed by atoms with van der Waals surface area (Å²) in [4.78, 5) is 24.5. The fourth-order valence-corrected chi connectivity index (χ4v) is 6.19. The molecule has 1 atom stereocenters. The highest BCUT2D eigenvalue weighted by molar-refractivity contribution is 6.03. The molecular weight excluding hydrogens is 611 g/mol. The Morgan fingerprint density at radius 2 is 2.04 bits per heavy atom. The van der Waals surface area contributed by atoms with Crippen LogP contribution < -0.4 is 20.7 Å². The maximum atomic E-state index is 13.7. The Morgan fingerprint density at radius 3 is 2.90 bits per heavy atom. The molecule has 5 aromatic rings. The smallest absolute Gasteiger partial charge is 0.248 e. The minimum atomic E-state index is -0.268. The van der Waals surface area contributed by atoms with Crippen molar-refractivity contribution in [3.05, 3.63) is 90.7 Å². The summed E-state index contributed by atoms with van der Waals surface area (Å²) in [6, 6.07) is 16.4. The summed E-state index contributed by atoms with van der Waals surface area (Å²) in [5, 5.41) is 16.0. The number of amides is 1. The van der Waals surface area contributed by atoms with Crippen LogP contribution in [0.15, 0.2) is 79.3 Å². The highest BCUT2D eigenvalue weighted by Crippen LogP contribution is 2.34. The van der Waals surface area contributed by atoms with Crippen LogP contribution >= 0.6 is 0 Å². The van der Waals surface area contributed by atoms with Gasteiger partial charge in [-0.2, -0.15) is 5.10 Å². The zero-order chi connectivity index (χ0) is 32.7. The molecule has 1 unspecified atom stereocenters. The monoisotopic (exact) mass is 650 g/mol. The average molecular weight is 651 g/mol. The van der Waals surface area contributed by atoms with Crippen LogP contribution in [-0.4, -0.2) is 82.6 Å².